The van der Waals surface area contributed by atoms with Crippen LogP contribution in [0, 0.1) is 17.3 Å². The lowest BCUT2D eigenvalue weighted by molar-refractivity contribution is 0.0962. The van der Waals surface area contributed by atoms with Crippen molar-refractivity contribution in [3.05, 3.63) is 0 Å². The van der Waals surface area contributed by atoms with Crippen LogP contribution >= 0.6 is 15.9 Å². The minimum Gasteiger partial charge on any atom is -0.381 e. The molecule has 0 spiro atoms. The Morgan fingerprint density at radius 2 is 2.00 bits per heavy atom. The van der Waals surface area contributed by atoms with Crippen LogP contribution in [0.5, 0.6) is 0 Å². The van der Waals surface area contributed by atoms with Gasteiger partial charge in [0.05, 0.1) is 0 Å². The van der Waals surface area contributed by atoms with E-state index in [2.05, 4.69) is 22.9 Å². The van der Waals surface area contributed by atoms with E-state index in [1.807, 2.05) is 0 Å². The topological polar surface area (TPSA) is 9.23 Å². The first-order valence-corrected chi connectivity index (χ1v) is 7.55. The molecule has 15 heavy (non-hydrogen) atoms. The molecule has 0 amide bonds. The third-order valence-corrected chi connectivity index (χ3v) is 5.35. The second-order valence-corrected chi connectivity index (χ2v) is 6.07. The fraction of sp³-hybridized carbons (Fsp3) is 1.00. The van der Waals surface area contributed by atoms with Gasteiger partial charge in [-0.05, 0) is 49.4 Å². The minimum atomic E-state index is 0.597. The van der Waals surface area contributed by atoms with Crippen LogP contribution in [0.25, 0.3) is 0 Å². The lowest BCUT2D eigenvalue weighted by Crippen LogP contribution is -2.23. The van der Waals surface area contributed by atoms with Gasteiger partial charge in [0.25, 0.3) is 0 Å². The summed E-state index contributed by atoms with van der Waals surface area (Å²) in [5, 5.41) is 1.18. The molecule has 0 N–H and O–H groups in total. The van der Waals surface area contributed by atoms with Crippen LogP contribution in [0.4, 0.5) is 0 Å². The van der Waals surface area contributed by atoms with Crippen molar-refractivity contribution in [1.29, 1.82) is 0 Å². The fourth-order valence-electron chi connectivity index (χ4n) is 3.02. The van der Waals surface area contributed by atoms with E-state index in [1.165, 1.54) is 43.9 Å². The number of ether oxygens (including phenoxy) is 1. The van der Waals surface area contributed by atoms with Gasteiger partial charge in [0, 0.05) is 18.5 Å². The third kappa shape index (κ3) is 2.97. The summed E-state index contributed by atoms with van der Waals surface area (Å²) >= 11 is 3.71. The summed E-state index contributed by atoms with van der Waals surface area (Å²) in [6.45, 7) is 4.15. The van der Waals surface area contributed by atoms with Gasteiger partial charge < -0.3 is 4.74 Å². The average molecular weight is 275 g/mol. The Labute approximate surface area is 102 Å². The zero-order chi connectivity index (χ0) is 10.7. The number of hydrogen-bond donors (Lipinski definition) is 0. The Balaban J connectivity index is 1.63. The normalized spacial score (nSPS) is 38.0. The van der Waals surface area contributed by atoms with E-state index in [0.717, 1.165) is 25.0 Å². The molecule has 0 saturated heterocycles. The van der Waals surface area contributed by atoms with Gasteiger partial charge in [0.2, 0.25) is 0 Å². The van der Waals surface area contributed by atoms with Crippen molar-refractivity contribution in [2.45, 2.75) is 45.4 Å². The molecule has 2 rings (SSSR count). The first kappa shape index (κ1) is 11.9. The summed E-state index contributed by atoms with van der Waals surface area (Å²) in [6.07, 6.45) is 8.17. The predicted molar refractivity (Wildman–Crippen MR) is 67.4 cm³/mol. The maximum absolute atomic E-state index is 5.69. The highest BCUT2D eigenvalue weighted by Gasteiger charge is 2.52. The van der Waals surface area contributed by atoms with Crippen LogP contribution in [0.1, 0.15) is 45.4 Å². The van der Waals surface area contributed by atoms with Gasteiger partial charge in [-0.1, -0.05) is 29.3 Å². The lowest BCUT2D eigenvalue weighted by atomic mass is 9.82. The monoisotopic (exact) mass is 274 g/mol. The maximum atomic E-state index is 5.69. The van der Waals surface area contributed by atoms with E-state index >= 15 is 0 Å². The molecule has 2 heteroatoms. The quantitative estimate of drug-likeness (QED) is 0.504. The van der Waals surface area contributed by atoms with Crippen molar-refractivity contribution in [3.63, 3.8) is 0 Å². The fourth-order valence-corrected chi connectivity index (χ4v) is 3.76. The number of rotatable bonds is 7. The molecule has 2 unspecified atom stereocenters. The molecule has 0 bridgehead atoms. The molecule has 0 aromatic rings. The second-order valence-electron chi connectivity index (χ2n) is 5.51. The van der Waals surface area contributed by atoms with Crippen LogP contribution in [0.2, 0.25) is 0 Å². The Bertz CT molecular complexity index is 195. The van der Waals surface area contributed by atoms with Gasteiger partial charge in [-0.2, -0.15) is 0 Å². The largest absolute Gasteiger partial charge is 0.381 e. The zero-order valence-electron chi connectivity index (χ0n) is 9.80. The van der Waals surface area contributed by atoms with Gasteiger partial charge in [-0.15, -0.1) is 0 Å². The summed E-state index contributed by atoms with van der Waals surface area (Å²) in [6, 6.07) is 0. The molecule has 2 saturated carbocycles. The molecule has 0 aromatic carbocycles. The first-order valence-electron chi connectivity index (χ1n) is 6.43. The lowest BCUT2D eigenvalue weighted by Gasteiger charge is -2.28. The van der Waals surface area contributed by atoms with E-state index in [1.54, 1.807) is 0 Å². The van der Waals surface area contributed by atoms with Crippen LogP contribution in [0.3, 0.4) is 0 Å². The van der Waals surface area contributed by atoms with Crippen LogP contribution in [-0.4, -0.2) is 18.5 Å². The Kier molecular flexibility index (Phi) is 4.11. The van der Waals surface area contributed by atoms with Crippen LogP contribution in [0.15, 0.2) is 0 Å². The molecule has 0 aromatic heterocycles. The summed E-state index contributed by atoms with van der Waals surface area (Å²) in [7, 11) is 0. The summed E-state index contributed by atoms with van der Waals surface area (Å²) in [5.74, 6) is 2.16. The number of halogens is 1. The van der Waals surface area contributed by atoms with E-state index in [-0.39, 0.29) is 0 Å². The highest BCUT2D eigenvalue weighted by atomic mass is 79.9. The highest BCUT2D eigenvalue weighted by Crippen LogP contribution is 2.61. The summed E-state index contributed by atoms with van der Waals surface area (Å²) in [4.78, 5) is 0. The molecule has 88 valence electrons. The van der Waals surface area contributed by atoms with Gasteiger partial charge in [-0.3, -0.25) is 0 Å². The maximum Gasteiger partial charge on any atom is 0.0471 e. The molecule has 0 radical (unpaired) electrons. The number of fused-ring (bicyclic) bond motifs is 1. The zero-order valence-corrected chi connectivity index (χ0v) is 11.4. The molecule has 2 atom stereocenters. The Morgan fingerprint density at radius 3 is 2.60 bits per heavy atom. The van der Waals surface area contributed by atoms with E-state index in [0.29, 0.717) is 5.41 Å². The Morgan fingerprint density at radius 1 is 1.27 bits per heavy atom. The number of hydrogen-bond acceptors (Lipinski definition) is 1. The van der Waals surface area contributed by atoms with Gasteiger partial charge in [-0.25, -0.2) is 0 Å². The van der Waals surface area contributed by atoms with E-state index < -0.39 is 0 Å². The van der Waals surface area contributed by atoms with Crippen molar-refractivity contribution in [2.75, 3.05) is 18.5 Å². The molecule has 2 aliphatic carbocycles. The van der Waals surface area contributed by atoms with Crippen LogP contribution < -0.4 is 0 Å². The molecule has 2 aliphatic rings. The molecule has 1 nitrogen and oxygen atoms in total. The van der Waals surface area contributed by atoms with Crippen molar-refractivity contribution >= 4 is 15.9 Å². The molecule has 2 fully saturated rings. The molecular weight excluding hydrogens is 252 g/mol. The first-order chi connectivity index (χ1) is 7.29. The smallest absolute Gasteiger partial charge is 0.0471 e. The van der Waals surface area contributed by atoms with Crippen molar-refractivity contribution in [2.24, 2.45) is 17.3 Å². The number of unbranched alkanes of at least 4 members (excludes halogenated alkanes) is 1. The average Bonchev–Trinajstić information content (AvgIpc) is 2.87. The van der Waals surface area contributed by atoms with Gasteiger partial charge >= 0.3 is 0 Å². The highest BCUT2D eigenvalue weighted by molar-refractivity contribution is 9.09. The third-order valence-electron chi connectivity index (χ3n) is 4.16. The van der Waals surface area contributed by atoms with Crippen molar-refractivity contribution in [1.82, 2.24) is 0 Å². The van der Waals surface area contributed by atoms with E-state index in [4.69, 9.17) is 4.74 Å². The predicted octanol–water partition coefficient (Wildman–Crippen LogP) is 4.00. The SMILES string of the molecule is CCCCOCCC1(CBr)CC2CC2C1. The van der Waals surface area contributed by atoms with Crippen molar-refractivity contribution in [3.8, 4) is 0 Å². The number of alkyl halides is 1. The van der Waals surface area contributed by atoms with Crippen LogP contribution in [-0.2, 0) is 4.74 Å². The minimum absolute atomic E-state index is 0.597. The van der Waals surface area contributed by atoms with Gasteiger partial charge in [0.1, 0.15) is 0 Å². The molecule has 0 aliphatic heterocycles. The molecule has 0 heterocycles. The Hall–Kier alpha value is 0.440. The standard InChI is InChI=1S/C13H23BrO/c1-2-3-5-15-6-4-13(10-14)8-11-7-12(11)9-13/h11-12H,2-10H2,1H3. The van der Waals surface area contributed by atoms with Crippen molar-refractivity contribution < 1.29 is 4.74 Å². The second kappa shape index (κ2) is 5.18. The summed E-state index contributed by atoms with van der Waals surface area (Å²) < 4.78 is 5.69. The summed E-state index contributed by atoms with van der Waals surface area (Å²) in [5.41, 5.74) is 0.597. The van der Waals surface area contributed by atoms with E-state index in [9.17, 15) is 0 Å². The van der Waals surface area contributed by atoms with Gasteiger partial charge in [0.15, 0.2) is 0 Å². The molecular formula is C13H23BrO.